The second kappa shape index (κ2) is 9.87. The van der Waals surface area contributed by atoms with E-state index < -0.39 is 6.10 Å². The summed E-state index contributed by atoms with van der Waals surface area (Å²) >= 11 is 6.09. The van der Waals surface area contributed by atoms with E-state index in [1.807, 2.05) is 36.4 Å². The van der Waals surface area contributed by atoms with Gasteiger partial charge < -0.3 is 29.1 Å². The van der Waals surface area contributed by atoms with E-state index in [9.17, 15) is 5.11 Å². The van der Waals surface area contributed by atoms with Gasteiger partial charge in [-0.1, -0.05) is 23.7 Å². The standard InChI is InChI=1S/C21H27ClN2O4/c1-26-19-7-4-8-20(27-2)21(19)28-15-18(25)14-23-9-11-24(12-10-23)17-6-3-5-16(22)13-17/h3-8,13,18,25H,9-12,14-15H2,1-2H3/p+1/t18-/m1/s1. The first kappa shape index (κ1) is 20.6. The molecule has 6 nitrogen and oxygen atoms in total. The smallest absolute Gasteiger partial charge is 0.203 e. The molecule has 28 heavy (non-hydrogen) atoms. The molecule has 2 N–H and O–H groups in total. The molecule has 1 heterocycles. The summed E-state index contributed by atoms with van der Waals surface area (Å²) < 4.78 is 16.5. The van der Waals surface area contributed by atoms with Gasteiger partial charge >= 0.3 is 0 Å². The first-order chi connectivity index (χ1) is 13.6. The summed E-state index contributed by atoms with van der Waals surface area (Å²) in [6.07, 6.45) is -0.567. The molecule has 7 heteroatoms. The number of hydrogen-bond donors (Lipinski definition) is 2. The Balaban J connectivity index is 1.48. The molecule has 152 valence electrons. The predicted octanol–water partition coefficient (Wildman–Crippen LogP) is 1.50. The Labute approximate surface area is 171 Å². The number of nitrogens with one attached hydrogen (secondary N) is 1. The zero-order chi connectivity index (χ0) is 19.9. The number of aliphatic hydroxyl groups excluding tert-OH is 1. The van der Waals surface area contributed by atoms with Gasteiger partial charge in [0.15, 0.2) is 11.5 Å². The highest BCUT2D eigenvalue weighted by Crippen LogP contribution is 2.36. The van der Waals surface area contributed by atoms with Crippen LogP contribution in [-0.2, 0) is 0 Å². The third-order valence-corrected chi connectivity index (χ3v) is 5.21. The van der Waals surface area contributed by atoms with Crippen LogP contribution in [0, 0.1) is 0 Å². The van der Waals surface area contributed by atoms with Crippen molar-refractivity contribution in [1.29, 1.82) is 0 Å². The predicted molar refractivity (Wildman–Crippen MR) is 110 cm³/mol. The van der Waals surface area contributed by atoms with Gasteiger partial charge in [-0.15, -0.1) is 0 Å². The Morgan fingerprint density at radius 1 is 1.07 bits per heavy atom. The quantitative estimate of drug-likeness (QED) is 0.694. The summed E-state index contributed by atoms with van der Waals surface area (Å²) in [5.74, 6) is 1.70. The van der Waals surface area contributed by atoms with E-state index in [1.54, 1.807) is 14.2 Å². The highest BCUT2D eigenvalue weighted by atomic mass is 35.5. The SMILES string of the molecule is COc1cccc(OC)c1OC[C@H](O)C[NH+]1CCN(c2cccc(Cl)c2)CC1. The summed E-state index contributed by atoms with van der Waals surface area (Å²) in [6.45, 7) is 4.62. The maximum Gasteiger partial charge on any atom is 0.203 e. The zero-order valence-corrected chi connectivity index (χ0v) is 17.1. The molecular weight excluding hydrogens is 380 g/mol. The number of hydrogen-bond acceptors (Lipinski definition) is 5. The van der Waals surface area contributed by atoms with Crippen molar-refractivity contribution in [2.45, 2.75) is 6.10 Å². The van der Waals surface area contributed by atoms with E-state index in [1.165, 1.54) is 4.90 Å². The number of rotatable bonds is 8. The Bertz CT molecular complexity index is 744. The van der Waals surface area contributed by atoms with Gasteiger partial charge in [0.25, 0.3) is 0 Å². The number of ether oxygens (including phenoxy) is 3. The largest absolute Gasteiger partial charge is 0.493 e. The fourth-order valence-corrected chi connectivity index (χ4v) is 3.67. The van der Waals surface area contributed by atoms with Crippen LogP contribution in [0.5, 0.6) is 17.2 Å². The molecule has 2 aromatic carbocycles. The summed E-state index contributed by atoms with van der Waals surface area (Å²) in [6, 6.07) is 13.4. The van der Waals surface area contributed by atoms with Crippen molar-refractivity contribution < 1.29 is 24.2 Å². The van der Waals surface area contributed by atoms with Gasteiger partial charge in [-0.3, -0.25) is 0 Å². The van der Waals surface area contributed by atoms with E-state index in [-0.39, 0.29) is 6.61 Å². The van der Waals surface area contributed by atoms with E-state index >= 15 is 0 Å². The normalized spacial score (nSPS) is 15.9. The highest BCUT2D eigenvalue weighted by Gasteiger charge is 2.23. The van der Waals surface area contributed by atoms with Crippen LogP contribution < -0.4 is 24.0 Å². The van der Waals surface area contributed by atoms with Crippen LogP contribution in [0.2, 0.25) is 5.02 Å². The van der Waals surface area contributed by atoms with Crippen LogP contribution in [0.15, 0.2) is 42.5 Å². The molecule has 0 saturated carbocycles. The van der Waals surface area contributed by atoms with Crippen molar-refractivity contribution >= 4 is 17.3 Å². The van der Waals surface area contributed by atoms with Gasteiger partial charge in [0.05, 0.1) is 40.4 Å². The van der Waals surface area contributed by atoms with Crippen molar-refractivity contribution in [3.8, 4) is 17.2 Å². The number of piperazine rings is 1. The average molecular weight is 408 g/mol. The Kier molecular flexibility index (Phi) is 7.25. The Hall–Kier alpha value is -2.15. The van der Waals surface area contributed by atoms with Crippen LogP contribution in [0.4, 0.5) is 5.69 Å². The lowest BCUT2D eigenvalue weighted by molar-refractivity contribution is -0.903. The number of nitrogens with zero attached hydrogens (tertiary/aromatic N) is 1. The van der Waals surface area contributed by atoms with E-state index in [2.05, 4.69) is 11.0 Å². The van der Waals surface area contributed by atoms with Crippen molar-refractivity contribution in [1.82, 2.24) is 0 Å². The van der Waals surface area contributed by atoms with Gasteiger partial charge in [0.2, 0.25) is 5.75 Å². The summed E-state index contributed by atoms with van der Waals surface area (Å²) in [4.78, 5) is 3.69. The van der Waals surface area contributed by atoms with Gasteiger partial charge in [0.1, 0.15) is 19.3 Å². The van der Waals surface area contributed by atoms with Crippen molar-refractivity contribution in [2.24, 2.45) is 0 Å². The van der Waals surface area contributed by atoms with Crippen LogP contribution in [0.1, 0.15) is 0 Å². The van der Waals surface area contributed by atoms with Crippen LogP contribution >= 0.6 is 11.6 Å². The molecule has 1 saturated heterocycles. The number of para-hydroxylation sites is 1. The lowest BCUT2D eigenvalue weighted by Gasteiger charge is -2.34. The zero-order valence-electron chi connectivity index (χ0n) is 16.4. The Morgan fingerprint density at radius 3 is 2.32 bits per heavy atom. The van der Waals surface area contributed by atoms with Gasteiger partial charge in [-0.25, -0.2) is 0 Å². The topological polar surface area (TPSA) is 55.6 Å². The molecule has 1 fully saturated rings. The number of methoxy groups -OCH3 is 2. The van der Waals surface area contributed by atoms with Crippen molar-refractivity contribution in [3.63, 3.8) is 0 Å². The molecule has 0 radical (unpaired) electrons. The van der Waals surface area contributed by atoms with Crippen LogP contribution in [0.25, 0.3) is 0 Å². The van der Waals surface area contributed by atoms with Crippen LogP contribution in [0.3, 0.4) is 0 Å². The summed E-state index contributed by atoms with van der Waals surface area (Å²) in [5, 5.41) is 11.2. The molecule has 0 aliphatic carbocycles. The second-order valence-corrected chi connectivity index (χ2v) is 7.31. The minimum atomic E-state index is -0.567. The van der Waals surface area contributed by atoms with E-state index in [0.717, 1.165) is 36.9 Å². The second-order valence-electron chi connectivity index (χ2n) is 6.88. The molecule has 0 aromatic heterocycles. The Morgan fingerprint density at radius 2 is 1.71 bits per heavy atom. The fraction of sp³-hybridized carbons (Fsp3) is 0.429. The molecule has 1 aliphatic rings. The van der Waals surface area contributed by atoms with Crippen LogP contribution in [-0.4, -0.2) is 64.8 Å². The summed E-state index contributed by atoms with van der Waals surface area (Å²) in [7, 11) is 3.17. The van der Waals surface area contributed by atoms with Gasteiger partial charge in [-0.2, -0.15) is 0 Å². The molecule has 0 spiro atoms. The molecule has 0 bridgehead atoms. The van der Waals surface area contributed by atoms with E-state index in [4.69, 9.17) is 25.8 Å². The van der Waals surface area contributed by atoms with Gasteiger partial charge in [-0.05, 0) is 30.3 Å². The first-order valence-corrected chi connectivity index (χ1v) is 9.84. The first-order valence-electron chi connectivity index (χ1n) is 9.46. The van der Waals surface area contributed by atoms with E-state index in [0.29, 0.717) is 23.8 Å². The summed E-state index contributed by atoms with van der Waals surface area (Å²) in [5.41, 5.74) is 1.15. The molecule has 1 atom stereocenters. The monoisotopic (exact) mass is 407 g/mol. The number of anilines is 1. The number of aliphatic hydroxyl groups is 1. The lowest BCUT2D eigenvalue weighted by atomic mass is 10.2. The number of halogens is 1. The lowest BCUT2D eigenvalue weighted by Crippen LogP contribution is -3.16. The third kappa shape index (κ3) is 5.22. The number of quaternary nitrogens is 1. The molecular formula is C21H28ClN2O4+. The maximum absolute atomic E-state index is 10.5. The fourth-order valence-electron chi connectivity index (χ4n) is 3.49. The highest BCUT2D eigenvalue weighted by molar-refractivity contribution is 6.30. The number of benzene rings is 2. The molecule has 1 aliphatic heterocycles. The molecule has 0 amide bonds. The molecule has 3 rings (SSSR count). The maximum atomic E-state index is 10.5. The molecule has 2 aromatic rings. The van der Waals surface area contributed by atoms with Crippen molar-refractivity contribution in [3.05, 3.63) is 47.5 Å². The minimum absolute atomic E-state index is 0.193. The minimum Gasteiger partial charge on any atom is -0.493 e. The molecule has 0 unspecified atom stereocenters. The average Bonchev–Trinajstić information content (AvgIpc) is 2.72. The third-order valence-electron chi connectivity index (χ3n) is 4.97. The van der Waals surface area contributed by atoms with Crippen molar-refractivity contribution in [2.75, 3.05) is 58.5 Å². The van der Waals surface area contributed by atoms with Gasteiger partial charge in [0, 0.05) is 10.7 Å².